The molecule has 0 bridgehead atoms. The van der Waals surface area contributed by atoms with Gasteiger partial charge in [-0.2, -0.15) is 13.2 Å². The molecule has 0 radical (unpaired) electrons. The third kappa shape index (κ3) is 3.48. The number of carbonyl (C=O) groups is 1. The highest BCUT2D eigenvalue weighted by molar-refractivity contribution is 5.83. The Bertz CT molecular complexity index is 604. The molecular weight excluding hydrogens is 317 g/mol. The third-order valence-electron chi connectivity index (χ3n) is 5.05. The van der Waals surface area contributed by atoms with Gasteiger partial charge in [0.1, 0.15) is 0 Å². The van der Waals surface area contributed by atoms with Crippen LogP contribution in [0.25, 0.3) is 0 Å². The second-order valence-electron chi connectivity index (χ2n) is 6.58. The normalized spacial score (nSPS) is 21.2. The van der Waals surface area contributed by atoms with Crippen LogP contribution in [0.2, 0.25) is 0 Å². The molecule has 1 aromatic carbocycles. The molecule has 0 atom stereocenters. The van der Waals surface area contributed by atoms with Gasteiger partial charge in [-0.25, -0.2) is 0 Å². The minimum atomic E-state index is -4.81. The van der Waals surface area contributed by atoms with E-state index in [2.05, 4.69) is 4.90 Å². The Balaban J connectivity index is 1.68. The number of hydrogen-bond acceptors (Lipinski definition) is 2. The van der Waals surface area contributed by atoms with Crippen LogP contribution in [-0.2, 0) is 11.3 Å². The molecule has 3 rings (SSSR count). The maximum atomic E-state index is 12.9. The fourth-order valence-electron chi connectivity index (χ4n) is 3.68. The van der Waals surface area contributed by atoms with Crippen LogP contribution < -0.4 is 0 Å². The number of halogens is 3. The molecule has 24 heavy (non-hydrogen) atoms. The van der Waals surface area contributed by atoms with Gasteiger partial charge in [0.2, 0.25) is 0 Å². The fourth-order valence-corrected chi connectivity index (χ4v) is 3.68. The standard InChI is InChI=1S/C18H21F3N2O/c19-18(20,21)16(24)23-11-5-4-8-17(23)9-12-22(13-10-17)14-15-6-2-1-3-7-15/h1-7H,8-14H2. The quantitative estimate of drug-likeness (QED) is 0.772. The molecule has 3 nitrogen and oxygen atoms in total. The second-order valence-corrected chi connectivity index (χ2v) is 6.58. The summed E-state index contributed by atoms with van der Waals surface area (Å²) in [7, 11) is 0. The van der Waals surface area contributed by atoms with Crippen molar-refractivity contribution in [1.82, 2.24) is 9.80 Å². The van der Waals surface area contributed by atoms with Gasteiger partial charge in [-0.15, -0.1) is 0 Å². The smallest absolute Gasteiger partial charge is 0.325 e. The van der Waals surface area contributed by atoms with E-state index in [1.807, 2.05) is 36.4 Å². The van der Waals surface area contributed by atoms with Gasteiger partial charge in [-0.3, -0.25) is 9.69 Å². The fraction of sp³-hybridized carbons (Fsp3) is 0.500. The van der Waals surface area contributed by atoms with Crippen molar-refractivity contribution >= 4 is 5.91 Å². The Morgan fingerprint density at radius 3 is 2.38 bits per heavy atom. The Morgan fingerprint density at radius 1 is 1.08 bits per heavy atom. The lowest BCUT2D eigenvalue weighted by Crippen LogP contribution is -2.60. The molecule has 130 valence electrons. The molecule has 2 heterocycles. The molecule has 6 heteroatoms. The van der Waals surface area contributed by atoms with Gasteiger partial charge in [0.05, 0.1) is 0 Å². The molecule has 1 fully saturated rings. The molecular formula is C18H21F3N2O. The first-order valence-electron chi connectivity index (χ1n) is 8.21. The van der Waals surface area contributed by atoms with Crippen molar-refractivity contribution in [3.8, 4) is 0 Å². The summed E-state index contributed by atoms with van der Waals surface area (Å²) < 4.78 is 38.7. The van der Waals surface area contributed by atoms with Crippen LogP contribution in [0.1, 0.15) is 24.8 Å². The highest BCUT2D eigenvalue weighted by Crippen LogP contribution is 2.37. The average Bonchev–Trinajstić information content (AvgIpc) is 2.57. The van der Waals surface area contributed by atoms with Crippen molar-refractivity contribution in [3.05, 3.63) is 48.0 Å². The number of nitrogens with zero attached hydrogens (tertiary/aromatic N) is 2. The van der Waals surface area contributed by atoms with Gasteiger partial charge in [0.15, 0.2) is 0 Å². The van der Waals surface area contributed by atoms with E-state index < -0.39 is 17.6 Å². The number of amides is 1. The van der Waals surface area contributed by atoms with Crippen LogP contribution in [0.3, 0.4) is 0 Å². The molecule has 2 aliphatic heterocycles. The van der Waals surface area contributed by atoms with E-state index in [1.54, 1.807) is 6.08 Å². The number of hydrogen-bond donors (Lipinski definition) is 0. The molecule has 2 aliphatic rings. The summed E-state index contributed by atoms with van der Waals surface area (Å²) in [6.07, 6.45) is 0.420. The summed E-state index contributed by atoms with van der Waals surface area (Å²) in [6.45, 7) is 2.24. The van der Waals surface area contributed by atoms with Crippen molar-refractivity contribution in [3.63, 3.8) is 0 Å². The van der Waals surface area contributed by atoms with Gasteiger partial charge in [-0.05, 0) is 24.8 Å². The van der Waals surface area contributed by atoms with Crippen LogP contribution in [0, 0.1) is 0 Å². The Morgan fingerprint density at radius 2 is 1.75 bits per heavy atom. The van der Waals surface area contributed by atoms with Gasteiger partial charge in [0, 0.05) is 31.7 Å². The minimum absolute atomic E-state index is 0.0526. The van der Waals surface area contributed by atoms with Gasteiger partial charge < -0.3 is 4.90 Å². The van der Waals surface area contributed by atoms with Crippen molar-refractivity contribution in [1.29, 1.82) is 0 Å². The first kappa shape index (κ1) is 17.0. The van der Waals surface area contributed by atoms with E-state index in [1.165, 1.54) is 5.56 Å². The van der Waals surface area contributed by atoms with E-state index in [0.717, 1.165) is 11.4 Å². The predicted octanol–water partition coefficient (Wildman–Crippen LogP) is 3.37. The Labute approximate surface area is 139 Å². The molecule has 1 aromatic rings. The maximum absolute atomic E-state index is 12.9. The summed E-state index contributed by atoms with van der Waals surface area (Å²) in [5, 5.41) is 0. The molecule has 1 amide bonds. The molecule has 0 aliphatic carbocycles. The van der Waals surface area contributed by atoms with Crippen molar-refractivity contribution in [2.45, 2.75) is 37.5 Å². The summed E-state index contributed by atoms with van der Waals surface area (Å²) in [5.41, 5.74) is 0.509. The number of piperidine rings is 1. The minimum Gasteiger partial charge on any atom is -0.325 e. The van der Waals surface area contributed by atoms with Gasteiger partial charge >= 0.3 is 12.1 Å². The van der Waals surface area contributed by atoms with Crippen LogP contribution in [-0.4, -0.2) is 47.1 Å². The topological polar surface area (TPSA) is 23.6 Å². The number of benzene rings is 1. The summed E-state index contributed by atoms with van der Waals surface area (Å²) in [6, 6.07) is 10.0. The number of rotatable bonds is 2. The number of carbonyl (C=O) groups excluding carboxylic acids is 1. The van der Waals surface area contributed by atoms with E-state index in [4.69, 9.17) is 0 Å². The summed E-state index contributed by atoms with van der Waals surface area (Å²) >= 11 is 0. The van der Waals surface area contributed by atoms with E-state index >= 15 is 0 Å². The summed E-state index contributed by atoms with van der Waals surface area (Å²) in [4.78, 5) is 15.1. The highest BCUT2D eigenvalue weighted by atomic mass is 19.4. The largest absolute Gasteiger partial charge is 0.471 e. The lowest BCUT2D eigenvalue weighted by atomic mass is 9.80. The Kier molecular flexibility index (Phi) is 4.67. The first-order chi connectivity index (χ1) is 11.4. The molecule has 0 N–H and O–H groups in total. The predicted molar refractivity (Wildman–Crippen MR) is 85.2 cm³/mol. The first-order valence-corrected chi connectivity index (χ1v) is 8.21. The molecule has 0 unspecified atom stereocenters. The summed E-state index contributed by atoms with van der Waals surface area (Å²) in [5.74, 6) is -1.71. The molecule has 0 aromatic heterocycles. The SMILES string of the molecule is O=C(N1CC=CCC12CCN(Cc1ccccc1)CC2)C(F)(F)F. The second kappa shape index (κ2) is 6.59. The zero-order valence-corrected chi connectivity index (χ0v) is 13.4. The van der Waals surface area contributed by atoms with Crippen molar-refractivity contribution < 1.29 is 18.0 Å². The maximum Gasteiger partial charge on any atom is 0.471 e. The van der Waals surface area contributed by atoms with E-state index in [0.29, 0.717) is 32.4 Å². The lowest BCUT2D eigenvalue weighted by Gasteiger charge is -2.50. The molecule has 1 spiro atoms. The number of alkyl halides is 3. The van der Waals surface area contributed by atoms with E-state index in [-0.39, 0.29) is 6.54 Å². The zero-order valence-electron chi connectivity index (χ0n) is 13.4. The lowest BCUT2D eigenvalue weighted by molar-refractivity contribution is -0.193. The molecule has 0 saturated carbocycles. The van der Waals surface area contributed by atoms with Crippen molar-refractivity contribution in [2.24, 2.45) is 0 Å². The third-order valence-corrected chi connectivity index (χ3v) is 5.05. The van der Waals surface area contributed by atoms with Gasteiger partial charge in [-0.1, -0.05) is 42.5 Å². The Hall–Kier alpha value is -1.82. The van der Waals surface area contributed by atoms with Crippen molar-refractivity contribution in [2.75, 3.05) is 19.6 Å². The zero-order chi connectivity index (χ0) is 17.2. The molecule has 1 saturated heterocycles. The monoisotopic (exact) mass is 338 g/mol. The number of likely N-dealkylation sites (tertiary alicyclic amines) is 1. The van der Waals surface area contributed by atoms with Gasteiger partial charge in [0.25, 0.3) is 0 Å². The van der Waals surface area contributed by atoms with E-state index in [9.17, 15) is 18.0 Å². The van der Waals surface area contributed by atoms with Crippen LogP contribution in [0.5, 0.6) is 0 Å². The van der Waals surface area contributed by atoms with Crippen LogP contribution >= 0.6 is 0 Å². The van der Waals surface area contributed by atoms with Crippen LogP contribution in [0.15, 0.2) is 42.5 Å². The average molecular weight is 338 g/mol. The highest BCUT2D eigenvalue weighted by Gasteiger charge is 2.50. The van der Waals surface area contributed by atoms with Crippen LogP contribution in [0.4, 0.5) is 13.2 Å².